The van der Waals surface area contributed by atoms with Gasteiger partial charge in [0.15, 0.2) is 0 Å². The van der Waals surface area contributed by atoms with Gasteiger partial charge in [-0.1, -0.05) is 17.7 Å². The van der Waals surface area contributed by atoms with Gasteiger partial charge in [0.25, 0.3) is 10.0 Å². The molecule has 3 amide bonds. The SMILES string of the molecule is CC1=[N+](C)C(=O)N(C)C(=O)C1S(=O)(=O)Nc1ccc(C)c(Cl)c1. The molecule has 2 rings (SSSR count). The second-order valence-electron chi connectivity index (χ2n) is 5.37. The van der Waals surface area contributed by atoms with E-state index in [0.29, 0.717) is 5.02 Å². The lowest BCUT2D eigenvalue weighted by atomic mass is 10.2. The van der Waals surface area contributed by atoms with Gasteiger partial charge in [-0.05, 0) is 31.5 Å². The summed E-state index contributed by atoms with van der Waals surface area (Å²) in [7, 11) is -1.41. The van der Waals surface area contributed by atoms with Crippen LogP contribution in [0.5, 0.6) is 0 Å². The van der Waals surface area contributed by atoms with Crippen LogP contribution < -0.4 is 4.72 Å². The predicted octanol–water partition coefficient (Wildman–Crippen LogP) is 1.45. The van der Waals surface area contributed by atoms with Crippen molar-refractivity contribution in [2.75, 3.05) is 18.8 Å². The first-order chi connectivity index (χ1) is 10.6. The van der Waals surface area contributed by atoms with Crippen molar-refractivity contribution in [3.05, 3.63) is 28.8 Å². The van der Waals surface area contributed by atoms with Crippen LogP contribution in [0.2, 0.25) is 5.02 Å². The van der Waals surface area contributed by atoms with Gasteiger partial charge in [0.05, 0.1) is 19.8 Å². The topological polar surface area (TPSA) is 86.6 Å². The largest absolute Gasteiger partial charge is 0.500 e. The fourth-order valence-electron chi connectivity index (χ4n) is 2.24. The Morgan fingerprint density at radius 2 is 1.87 bits per heavy atom. The lowest BCUT2D eigenvalue weighted by Gasteiger charge is -2.23. The average Bonchev–Trinajstić information content (AvgIpc) is 2.46. The lowest BCUT2D eigenvalue weighted by molar-refractivity contribution is -0.405. The zero-order chi connectivity index (χ0) is 17.5. The maximum Gasteiger partial charge on any atom is 0.500 e. The first kappa shape index (κ1) is 17.4. The number of anilines is 1. The number of nitrogens with one attached hydrogen (secondary N) is 1. The molecule has 1 N–H and O–H groups in total. The second kappa shape index (κ2) is 5.93. The first-order valence-electron chi connectivity index (χ1n) is 6.72. The number of imide groups is 1. The van der Waals surface area contributed by atoms with Gasteiger partial charge in [-0.3, -0.25) is 4.72 Å². The Hall–Kier alpha value is -1.93. The summed E-state index contributed by atoms with van der Waals surface area (Å²) in [5.41, 5.74) is 1.20. The Kier molecular flexibility index (Phi) is 4.50. The van der Waals surface area contributed by atoms with Crippen molar-refractivity contribution in [3.8, 4) is 0 Å². The minimum Gasteiger partial charge on any atom is -0.282 e. The highest BCUT2D eigenvalue weighted by Gasteiger charge is 2.50. The quantitative estimate of drug-likeness (QED) is 0.828. The summed E-state index contributed by atoms with van der Waals surface area (Å²) in [6.07, 6.45) is 0. The lowest BCUT2D eigenvalue weighted by Crippen LogP contribution is -2.57. The molecule has 0 aliphatic carbocycles. The zero-order valence-electron chi connectivity index (χ0n) is 13.1. The van der Waals surface area contributed by atoms with E-state index >= 15 is 0 Å². The van der Waals surface area contributed by atoms with E-state index in [2.05, 4.69) is 4.72 Å². The fraction of sp³-hybridized carbons (Fsp3) is 0.357. The summed E-state index contributed by atoms with van der Waals surface area (Å²) in [6.45, 7) is 3.23. The number of rotatable bonds is 3. The van der Waals surface area contributed by atoms with E-state index in [1.54, 1.807) is 19.1 Å². The van der Waals surface area contributed by atoms with E-state index in [0.717, 1.165) is 15.0 Å². The van der Waals surface area contributed by atoms with Gasteiger partial charge < -0.3 is 0 Å². The summed E-state index contributed by atoms with van der Waals surface area (Å²) >= 11 is 5.98. The van der Waals surface area contributed by atoms with Crippen molar-refractivity contribution >= 4 is 45.0 Å². The number of hydrogen-bond donors (Lipinski definition) is 1. The van der Waals surface area contributed by atoms with Crippen molar-refractivity contribution in [2.24, 2.45) is 0 Å². The fourth-order valence-corrected chi connectivity index (χ4v) is 4.02. The standard InChI is InChI=1S/C14H17ClN3O4S/c1-8-5-6-10(7-11(8)15)16-23(21,22)12-9(2)17(3)14(20)18(4)13(12)19/h5-7,12,16H,1-4H3/q+1. The number of carbonyl (C=O) groups excluding carboxylic acids is 2. The maximum absolute atomic E-state index is 12.6. The Bertz CT molecular complexity index is 832. The van der Waals surface area contributed by atoms with Crippen LogP contribution in [-0.2, 0) is 14.8 Å². The third kappa shape index (κ3) is 3.09. The third-order valence-electron chi connectivity index (χ3n) is 3.78. The number of benzene rings is 1. The molecule has 0 fully saturated rings. The van der Waals surface area contributed by atoms with Crippen LogP contribution in [0.3, 0.4) is 0 Å². The van der Waals surface area contributed by atoms with E-state index in [-0.39, 0.29) is 11.4 Å². The Morgan fingerprint density at radius 3 is 2.43 bits per heavy atom. The molecule has 1 aromatic carbocycles. The summed E-state index contributed by atoms with van der Waals surface area (Å²) in [4.78, 5) is 24.9. The third-order valence-corrected chi connectivity index (χ3v) is 5.87. The average molecular weight is 359 g/mol. The van der Waals surface area contributed by atoms with Gasteiger partial charge in [0.1, 0.15) is 5.71 Å². The van der Waals surface area contributed by atoms with Gasteiger partial charge >= 0.3 is 11.9 Å². The molecule has 0 saturated heterocycles. The zero-order valence-corrected chi connectivity index (χ0v) is 14.7. The van der Waals surface area contributed by atoms with Crippen LogP contribution in [0, 0.1) is 6.92 Å². The van der Waals surface area contributed by atoms with Crippen molar-refractivity contribution < 1.29 is 22.6 Å². The Balaban J connectivity index is 2.44. The summed E-state index contributed by atoms with van der Waals surface area (Å²) < 4.78 is 28.7. The molecule has 23 heavy (non-hydrogen) atoms. The summed E-state index contributed by atoms with van der Waals surface area (Å²) in [5.74, 6) is -0.795. The normalized spacial score (nSPS) is 19.3. The van der Waals surface area contributed by atoms with Crippen molar-refractivity contribution in [2.45, 2.75) is 19.1 Å². The molecule has 0 spiro atoms. The van der Waals surface area contributed by atoms with Crippen LogP contribution in [0.15, 0.2) is 18.2 Å². The van der Waals surface area contributed by atoms with Crippen molar-refractivity contribution in [1.82, 2.24) is 4.90 Å². The van der Waals surface area contributed by atoms with E-state index in [1.165, 1.54) is 27.1 Å². The monoisotopic (exact) mass is 358 g/mol. The van der Waals surface area contributed by atoms with E-state index < -0.39 is 27.2 Å². The second-order valence-corrected chi connectivity index (χ2v) is 7.54. The Labute approximate surface area is 139 Å². The maximum atomic E-state index is 12.6. The molecule has 7 nitrogen and oxygen atoms in total. The van der Waals surface area contributed by atoms with Gasteiger partial charge in [-0.2, -0.15) is 14.3 Å². The molecular weight excluding hydrogens is 342 g/mol. The molecule has 1 atom stereocenters. The molecule has 0 aromatic heterocycles. The van der Waals surface area contributed by atoms with Crippen LogP contribution in [-0.4, -0.2) is 54.9 Å². The van der Waals surface area contributed by atoms with Gasteiger partial charge in [-0.25, -0.2) is 13.2 Å². The van der Waals surface area contributed by atoms with Gasteiger partial charge in [-0.15, -0.1) is 0 Å². The minimum atomic E-state index is -4.08. The molecule has 1 aromatic rings. The number of urea groups is 1. The molecule has 124 valence electrons. The summed E-state index contributed by atoms with van der Waals surface area (Å²) in [6, 6.07) is 4.12. The van der Waals surface area contributed by atoms with Crippen LogP contribution in [0.25, 0.3) is 0 Å². The number of sulfonamides is 1. The minimum absolute atomic E-state index is 0.142. The number of halogens is 1. The molecule has 1 aliphatic rings. The predicted molar refractivity (Wildman–Crippen MR) is 87.6 cm³/mol. The smallest absolute Gasteiger partial charge is 0.282 e. The van der Waals surface area contributed by atoms with E-state index in [1.807, 2.05) is 0 Å². The molecule has 0 saturated carbocycles. The van der Waals surface area contributed by atoms with Crippen LogP contribution in [0.1, 0.15) is 12.5 Å². The Morgan fingerprint density at radius 1 is 1.26 bits per heavy atom. The van der Waals surface area contributed by atoms with Crippen molar-refractivity contribution in [3.63, 3.8) is 0 Å². The highest BCUT2D eigenvalue weighted by Crippen LogP contribution is 2.23. The number of aryl methyl sites for hydroxylation is 1. The molecule has 1 heterocycles. The number of amides is 3. The molecular formula is C14H17ClN3O4S+. The van der Waals surface area contributed by atoms with Crippen molar-refractivity contribution in [1.29, 1.82) is 0 Å². The molecule has 1 aliphatic heterocycles. The van der Waals surface area contributed by atoms with E-state index in [4.69, 9.17) is 11.6 Å². The van der Waals surface area contributed by atoms with Gasteiger partial charge in [0, 0.05) is 5.02 Å². The number of nitrogens with zero attached hydrogens (tertiary/aromatic N) is 2. The van der Waals surface area contributed by atoms with Gasteiger partial charge in [0.2, 0.25) is 5.25 Å². The number of hydrogen-bond acceptors (Lipinski definition) is 4. The molecule has 1 unspecified atom stereocenters. The van der Waals surface area contributed by atoms with Crippen LogP contribution in [0.4, 0.5) is 10.5 Å². The molecule has 0 radical (unpaired) electrons. The molecule has 0 bridgehead atoms. The highest BCUT2D eigenvalue weighted by molar-refractivity contribution is 7.94. The summed E-state index contributed by atoms with van der Waals surface area (Å²) in [5, 5.41) is -1.07. The van der Waals surface area contributed by atoms with Crippen LogP contribution >= 0.6 is 11.6 Å². The number of carbonyl (C=O) groups is 2. The van der Waals surface area contributed by atoms with E-state index in [9.17, 15) is 18.0 Å². The highest BCUT2D eigenvalue weighted by atomic mass is 35.5. The first-order valence-corrected chi connectivity index (χ1v) is 8.65. The molecule has 9 heteroatoms.